The van der Waals surface area contributed by atoms with Crippen molar-refractivity contribution in [2.45, 2.75) is 137 Å². The van der Waals surface area contributed by atoms with Gasteiger partial charge < -0.3 is 36.6 Å². The van der Waals surface area contributed by atoms with E-state index in [-0.39, 0.29) is 59.4 Å². The largest absolute Gasteiger partial charge is 0.447 e. The fourth-order valence-corrected chi connectivity index (χ4v) is 6.50. The Labute approximate surface area is 285 Å². The molecule has 2 aliphatic rings. The van der Waals surface area contributed by atoms with Crippen molar-refractivity contribution in [2.75, 3.05) is 13.2 Å². The summed E-state index contributed by atoms with van der Waals surface area (Å²) in [5.74, 6) is 1.43. The van der Waals surface area contributed by atoms with Gasteiger partial charge in [-0.1, -0.05) is 100 Å². The second kappa shape index (κ2) is 17.8. The molecule has 5 atom stereocenters. The normalized spacial score (nSPS) is 20.3. The highest BCUT2D eigenvalue weighted by Gasteiger charge is 2.42. The summed E-state index contributed by atoms with van der Waals surface area (Å²) >= 11 is 0. The number of likely N-dealkylation sites (tertiary alicyclic amines) is 1. The predicted molar refractivity (Wildman–Crippen MR) is 191 cm³/mol. The van der Waals surface area contributed by atoms with Gasteiger partial charge in [0.25, 0.3) is 0 Å². The lowest BCUT2D eigenvalue weighted by Crippen LogP contribution is -2.54. The summed E-state index contributed by atoms with van der Waals surface area (Å²) in [5, 5.41) is 13.0. The molecule has 4 unspecified atom stereocenters. The highest BCUT2D eigenvalue weighted by atomic mass is 16.5. The quantitative estimate of drug-likeness (QED) is 0.114. The molecule has 0 aromatic heterocycles. The molecule has 0 aromatic carbocycles. The predicted octanol–water partition coefficient (Wildman–Crippen LogP) is 5.57. The van der Waals surface area contributed by atoms with Crippen LogP contribution in [0.15, 0.2) is 37.0 Å². The Balaban J connectivity index is 2.30. The van der Waals surface area contributed by atoms with E-state index < -0.39 is 18.2 Å². The lowest BCUT2D eigenvalue weighted by Gasteiger charge is -2.39. The maximum absolute atomic E-state index is 14.0. The molecule has 2 fully saturated rings. The van der Waals surface area contributed by atoms with Gasteiger partial charge in [0.15, 0.2) is 5.78 Å². The number of nitrogens with one attached hydrogen (secondary N) is 4. The zero-order valence-corrected chi connectivity index (χ0v) is 30.8. The van der Waals surface area contributed by atoms with E-state index in [4.69, 9.17) is 10.5 Å². The number of nitrogens with two attached hydrogens (primary N) is 1. The number of amides is 2. The number of carbonyl (C=O) groups is 3. The van der Waals surface area contributed by atoms with E-state index >= 15 is 0 Å². The van der Waals surface area contributed by atoms with E-state index in [1.807, 2.05) is 13.8 Å². The Morgan fingerprint density at radius 2 is 1.57 bits per heavy atom. The van der Waals surface area contributed by atoms with Crippen LogP contribution in [0.3, 0.4) is 0 Å². The summed E-state index contributed by atoms with van der Waals surface area (Å²) in [6, 6.07) is -1.57. The maximum atomic E-state index is 14.0. The minimum Gasteiger partial charge on any atom is -0.447 e. The van der Waals surface area contributed by atoms with Crippen LogP contribution < -0.4 is 27.0 Å². The van der Waals surface area contributed by atoms with Crippen molar-refractivity contribution >= 4 is 17.8 Å². The first kappa shape index (κ1) is 40.0. The molecule has 1 aliphatic carbocycles. The van der Waals surface area contributed by atoms with Crippen LogP contribution in [-0.4, -0.2) is 66.0 Å². The smallest absolute Gasteiger partial charge is 0.407 e. The molecule has 1 saturated heterocycles. The number of ether oxygens (including phenoxy) is 1. The van der Waals surface area contributed by atoms with Crippen LogP contribution in [0.1, 0.15) is 107 Å². The third-order valence-corrected chi connectivity index (χ3v) is 10.1. The van der Waals surface area contributed by atoms with Gasteiger partial charge in [-0.3, -0.25) is 9.59 Å². The average Bonchev–Trinajstić information content (AvgIpc) is 3.41. The van der Waals surface area contributed by atoms with Crippen LogP contribution in [0, 0.1) is 29.1 Å². The minimum absolute atomic E-state index is 0.0204. The van der Waals surface area contributed by atoms with Crippen LogP contribution in [0.2, 0.25) is 0 Å². The van der Waals surface area contributed by atoms with Crippen LogP contribution in [-0.2, 0) is 14.3 Å². The van der Waals surface area contributed by atoms with Crippen molar-refractivity contribution in [3.63, 3.8) is 0 Å². The second-order valence-corrected chi connectivity index (χ2v) is 15.5. The average molecular weight is 659 g/mol. The molecule has 2 rings (SSSR count). The molecule has 6 N–H and O–H groups in total. The molecular formula is C37H66N6O4. The van der Waals surface area contributed by atoms with Gasteiger partial charge in [0.1, 0.15) is 12.6 Å². The summed E-state index contributed by atoms with van der Waals surface area (Å²) in [5.41, 5.74) is 6.40. The molecule has 0 radical (unpaired) electrons. The van der Waals surface area contributed by atoms with Crippen LogP contribution in [0.4, 0.5) is 4.79 Å². The monoisotopic (exact) mass is 659 g/mol. The Morgan fingerprint density at radius 1 is 0.957 bits per heavy atom. The number of nitrogens with zero attached hydrogens (tertiary/aromatic N) is 1. The first-order valence-corrected chi connectivity index (χ1v) is 17.8. The van der Waals surface area contributed by atoms with Crippen molar-refractivity contribution in [3.8, 4) is 0 Å². The van der Waals surface area contributed by atoms with Crippen molar-refractivity contribution in [1.29, 1.82) is 0 Å². The van der Waals surface area contributed by atoms with Gasteiger partial charge in [0.05, 0.1) is 29.6 Å². The van der Waals surface area contributed by atoms with Gasteiger partial charge in [-0.05, 0) is 55.8 Å². The van der Waals surface area contributed by atoms with Gasteiger partial charge in [-0.2, -0.15) is 0 Å². The van der Waals surface area contributed by atoms with Gasteiger partial charge in [0.2, 0.25) is 5.91 Å². The summed E-state index contributed by atoms with van der Waals surface area (Å²) < 4.78 is 5.55. The molecule has 10 nitrogen and oxygen atoms in total. The Kier molecular flexibility index (Phi) is 15.2. The molecule has 1 heterocycles. The van der Waals surface area contributed by atoms with Gasteiger partial charge in [-0.25, -0.2) is 4.79 Å². The molecule has 1 aliphatic heterocycles. The summed E-state index contributed by atoms with van der Waals surface area (Å²) in [4.78, 5) is 41.4. The lowest BCUT2D eigenvalue weighted by molar-refractivity contribution is -0.129. The van der Waals surface area contributed by atoms with Gasteiger partial charge in [0, 0.05) is 18.3 Å². The zero-order chi connectivity index (χ0) is 35.6. The van der Waals surface area contributed by atoms with Gasteiger partial charge >= 0.3 is 6.09 Å². The second-order valence-electron chi connectivity index (χ2n) is 15.5. The molecule has 0 spiro atoms. The number of alkyl carbamates (subject to hydrolysis) is 1. The Hall–Kier alpha value is -3.17. The topological polar surface area (TPSA) is 138 Å². The number of hydrogen-bond donors (Lipinski definition) is 5. The number of ketones is 1. The highest BCUT2D eigenvalue weighted by molar-refractivity contribution is 6.00. The van der Waals surface area contributed by atoms with Crippen molar-refractivity contribution in [2.24, 2.45) is 34.8 Å². The van der Waals surface area contributed by atoms with E-state index in [0.717, 1.165) is 37.8 Å². The first-order valence-electron chi connectivity index (χ1n) is 17.8. The lowest BCUT2D eigenvalue weighted by atomic mass is 9.80. The van der Waals surface area contributed by atoms with E-state index in [2.05, 4.69) is 94.4 Å². The van der Waals surface area contributed by atoms with E-state index in [1.165, 1.54) is 0 Å². The number of rotatable bonds is 19. The van der Waals surface area contributed by atoms with Crippen molar-refractivity contribution in [1.82, 2.24) is 26.2 Å². The first-order chi connectivity index (χ1) is 21.9. The Bertz CT molecular complexity index is 1100. The van der Waals surface area contributed by atoms with Crippen LogP contribution in [0.25, 0.3) is 0 Å². The molecule has 0 bridgehead atoms. The standard InChI is InChI=1S/C37H66N6O4/c1-13-28(14-2)33(41-26(9)40-32(37(10,11)12)21-47-36(46)39-23(5)6)25(8)43-20-29(22(3)4)19-31(43)35(45)42-30(34(44)24(7)38)18-27-16-15-17-27/h22-23,27-33,40-41H,7-9,13-21,38H2,1-6,10-12H3,(H,39,46)(H,42,45)/t29-,30?,31?,32?,33?/m1/s1. The molecule has 268 valence electrons. The van der Waals surface area contributed by atoms with Crippen molar-refractivity contribution in [3.05, 3.63) is 37.0 Å². The molecule has 0 aromatic rings. The maximum Gasteiger partial charge on any atom is 0.407 e. The summed E-state index contributed by atoms with van der Waals surface area (Å²) in [6.07, 6.45) is 5.88. The van der Waals surface area contributed by atoms with E-state index in [1.54, 1.807) is 0 Å². The molecule has 47 heavy (non-hydrogen) atoms. The highest BCUT2D eigenvalue weighted by Crippen LogP contribution is 2.35. The Morgan fingerprint density at radius 3 is 2.04 bits per heavy atom. The third kappa shape index (κ3) is 11.8. The fourth-order valence-electron chi connectivity index (χ4n) is 6.50. The molecule has 2 amide bonds. The molecular weight excluding hydrogens is 592 g/mol. The van der Waals surface area contributed by atoms with Crippen LogP contribution >= 0.6 is 0 Å². The van der Waals surface area contributed by atoms with E-state index in [0.29, 0.717) is 37.0 Å². The van der Waals surface area contributed by atoms with Crippen molar-refractivity contribution < 1.29 is 19.1 Å². The molecule has 10 heteroatoms. The fraction of sp³-hybridized carbons (Fsp3) is 0.757. The summed E-state index contributed by atoms with van der Waals surface area (Å²) in [7, 11) is 0. The number of carbonyl (C=O) groups excluding carboxylic acids is 3. The molecule has 1 saturated carbocycles. The number of hydrogen-bond acceptors (Lipinski definition) is 8. The summed E-state index contributed by atoms with van der Waals surface area (Å²) in [6.45, 7) is 32.2. The zero-order valence-electron chi connectivity index (χ0n) is 30.8. The van der Waals surface area contributed by atoms with E-state index in [9.17, 15) is 14.4 Å². The van der Waals surface area contributed by atoms with Gasteiger partial charge in [-0.15, -0.1) is 0 Å². The SMILES string of the molecule is C=C(NC(C(=C)N1C[C@H](C(C)C)CC1C(=O)NC(CC1CCC1)C(=O)C(=C)N)C(CC)CC)NC(COC(=O)NC(C)C)C(C)(C)C. The number of Topliss-reactive ketones (excluding diaryl/α,β-unsaturated/α-hetero) is 1. The third-order valence-electron chi connectivity index (χ3n) is 10.1. The minimum atomic E-state index is -0.672. The van der Waals surface area contributed by atoms with Crippen LogP contribution in [0.5, 0.6) is 0 Å².